The SMILES string of the molecule is COc1cccc2cc(/C=C/C(=O)NCc3ccc(N(C)C)cc3)oc12. The number of nitrogens with one attached hydrogen (secondary N) is 1. The van der Waals surface area contributed by atoms with Gasteiger partial charge in [0.25, 0.3) is 0 Å². The summed E-state index contributed by atoms with van der Waals surface area (Å²) < 4.78 is 11.0. The van der Waals surface area contributed by atoms with Crippen molar-refractivity contribution in [3.05, 3.63) is 65.9 Å². The second-order valence-corrected chi connectivity index (χ2v) is 6.14. The second kappa shape index (κ2) is 7.78. The van der Waals surface area contributed by atoms with Crippen molar-refractivity contribution in [2.45, 2.75) is 6.54 Å². The van der Waals surface area contributed by atoms with Gasteiger partial charge in [0.15, 0.2) is 11.3 Å². The van der Waals surface area contributed by atoms with Crippen LogP contribution in [0.3, 0.4) is 0 Å². The fourth-order valence-corrected chi connectivity index (χ4v) is 2.62. The molecule has 0 radical (unpaired) electrons. The number of fused-ring (bicyclic) bond motifs is 1. The lowest BCUT2D eigenvalue weighted by Crippen LogP contribution is -2.20. The average molecular weight is 350 g/mol. The number of hydrogen-bond donors (Lipinski definition) is 1. The average Bonchev–Trinajstić information content (AvgIpc) is 3.08. The summed E-state index contributed by atoms with van der Waals surface area (Å²) in [6.45, 7) is 0.477. The first-order valence-corrected chi connectivity index (χ1v) is 8.35. The van der Waals surface area contributed by atoms with Gasteiger partial charge in [-0.2, -0.15) is 0 Å². The summed E-state index contributed by atoms with van der Waals surface area (Å²) in [5, 5.41) is 3.80. The highest BCUT2D eigenvalue weighted by Gasteiger charge is 2.07. The van der Waals surface area contributed by atoms with Crippen molar-refractivity contribution in [1.29, 1.82) is 0 Å². The molecule has 5 nitrogen and oxygen atoms in total. The van der Waals surface area contributed by atoms with Crippen LogP contribution in [-0.2, 0) is 11.3 Å². The maximum absolute atomic E-state index is 12.0. The minimum absolute atomic E-state index is 0.172. The van der Waals surface area contributed by atoms with E-state index in [4.69, 9.17) is 9.15 Å². The third-order valence-electron chi connectivity index (χ3n) is 4.07. The van der Waals surface area contributed by atoms with Crippen molar-refractivity contribution >= 4 is 28.6 Å². The number of carbonyl (C=O) groups is 1. The first-order valence-electron chi connectivity index (χ1n) is 8.35. The monoisotopic (exact) mass is 350 g/mol. The van der Waals surface area contributed by atoms with E-state index >= 15 is 0 Å². The molecule has 26 heavy (non-hydrogen) atoms. The number of ether oxygens (including phenoxy) is 1. The molecular weight excluding hydrogens is 328 g/mol. The lowest BCUT2D eigenvalue weighted by atomic mass is 10.2. The van der Waals surface area contributed by atoms with E-state index in [9.17, 15) is 4.79 Å². The van der Waals surface area contributed by atoms with E-state index in [2.05, 4.69) is 5.32 Å². The number of rotatable bonds is 6. The molecule has 0 saturated carbocycles. The molecule has 5 heteroatoms. The van der Waals surface area contributed by atoms with Crippen LogP contribution in [0.25, 0.3) is 17.0 Å². The Hall–Kier alpha value is -3.21. The Kier molecular flexibility index (Phi) is 5.27. The molecule has 3 rings (SSSR count). The highest BCUT2D eigenvalue weighted by molar-refractivity contribution is 5.92. The summed E-state index contributed by atoms with van der Waals surface area (Å²) in [6.07, 6.45) is 3.13. The summed E-state index contributed by atoms with van der Waals surface area (Å²) in [5.41, 5.74) is 2.85. The number of benzene rings is 2. The molecule has 0 atom stereocenters. The van der Waals surface area contributed by atoms with E-state index in [1.165, 1.54) is 6.08 Å². The Balaban J connectivity index is 1.61. The number of carbonyl (C=O) groups excluding carboxylic acids is 1. The van der Waals surface area contributed by atoms with Gasteiger partial charge in [0.2, 0.25) is 5.91 Å². The molecular formula is C21H22N2O3. The van der Waals surface area contributed by atoms with Crippen LogP contribution in [0.5, 0.6) is 5.75 Å². The Morgan fingerprint density at radius 2 is 1.96 bits per heavy atom. The molecule has 0 aliphatic carbocycles. The van der Waals surface area contributed by atoms with E-state index in [0.717, 1.165) is 16.6 Å². The summed E-state index contributed by atoms with van der Waals surface area (Å²) in [5.74, 6) is 1.11. The van der Waals surface area contributed by atoms with Gasteiger partial charge < -0.3 is 19.4 Å². The number of amides is 1. The first kappa shape index (κ1) is 17.6. The van der Waals surface area contributed by atoms with Gasteiger partial charge in [-0.1, -0.05) is 24.3 Å². The summed E-state index contributed by atoms with van der Waals surface area (Å²) in [7, 11) is 5.59. The van der Waals surface area contributed by atoms with Crippen LogP contribution in [0.15, 0.2) is 59.0 Å². The molecule has 0 fully saturated rings. The number of hydrogen-bond acceptors (Lipinski definition) is 4. The minimum Gasteiger partial charge on any atom is -0.493 e. The standard InChI is InChI=1S/C21H22N2O3/c1-23(2)17-9-7-15(8-10-17)14-22-20(24)12-11-18-13-16-5-4-6-19(25-3)21(16)26-18/h4-13H,14H2,1-3H3,(H,22,24)/b12-11+. The van der Waals surface area contributed by atoms with Gasteiger partial charge in [-0.25, -0.2) is 0 Å². The minimum atomic E-state index is -0.172. The molecule has 2 aromatic carbocycles. The van der Waals surface area contributed by atoms with Crippen molar-refractivity contribution < 1.29 is 13.9 Å². The maximum atomic E-state index is 12.0. The lowest BCUT2D eigenvalue weighted by Gasteiger charge is -2.12. The molecule has 0 spiro atoms. The van der Waals surface area contributed by atoms with Gasteiger partial charge in [-0.05, 0) is 35.9 Å². The Labute approximate surface area is 152 Å². The van der Waals surface area contributed by atoms with E-state index in [1.807, 2.05) is 67.5 Å². The number of para-hydroxylation sites is 1. The van der Waals surface area contributed by atoms with Gasteiger partial charge in [-0.15, -0.1) is 0 Å². The van der Waals surface area contributed by atoms with Crippen molar-refractivity contribution in [3.8, 4) is 5.75 Å². The van der Waals surface area contributed by atoms with E-state index in [0.29, 0.717) is 23.6 Å². The first-order chi connectivity index (χ1) is 12.6. The van der Waals surface area contributed by atoms with Crippen LogP contribution >= 0.6 is 0 Å². The highest BCUT2D eigenvalue weighted by atomic mass is 16.5. The second-order valence-electron chi connectivity index (χ2n) is 6.14. The zero-order valence-electron chi connectivity index (χ0n) is 15.2. The van der Waals surface area contributed by atoms with Crippen LogP contribution in [0.2, 0.25) is 0 Å². The lowest BCUT2D eigenvalue weighted by molar-refractivity contribution is -0.116. The Morgan fingerprint density at radius 1 is 1.19 bits per heavy atom. The van der Waals surface area contributed by atoms with E-state index < -0.39 is 0 Å². The molecule has 1 aromatic heterocycles. The molecule has 0 saturated heterocycles. The van der Waals surface area contributed by atoms with Gasteiger partial charge in [0, 0.05) is 37.8 Å². The highest BCUT2D eigenvalue weighted by Crippen LogP contribution is 2.28. The van der Waals surface area contributed by atoms with Crippen molar-refractivity contribution in [3.63, 3.8) is 0 Å². The fourth-order valence-electron chi connectivity index (χ4n) is 2.62. The van der Waals surface area contributed by atoms with Gasteiger partial charge >= 0.3 is 0 Å². The number of anilines is 1. The van der Waals surface area contributed by atoms with Gasteiger partial charge in [0.05, 0.1) is 7.11 Å². The molecule has 1 N–H and O–H groups in total. The van der Waals surface area contributed by atoms with Gasteiger partial charge in [0.1, 0.15) is 5.76 Å². The fraction of sp³-hybridized carbons (Fsp3) is 0.190. The molecule has 0 bridgehead atoms. The number of methoxy groups -OCH3 is 1. The van der Waals surface area contributed by atoms with Crippen molar-refractivity contribution in [2.24, 2.45) is 0 Å². The summed E-state index contributed by atoms with van der Waals surface area (Å²) >= 11 is 0. The topological polar surface area (TPSA) is 54.7 Å². The quantitative estimate of drug-likeness (QED) is 0.687. The zero-order chi connectivity index (χ0) is 18.5. The van der Waals surface area contributed by atoms with E-state index in [1.54, 1.807) is 13.2 Å². The molecule has 3 aromatic rings. The van der Waals surface area contributed by atoms with Gasteiger partial charge in [-0.3, -0.25) is 4.79 Å². The Bertz CT molecular complexity index is 924. The van der Waals surface area contributed by atoms with Crippen LogP contribution in [0.4, 0.5) is 5.69 Å². The third kappa shape index (κ3) is 4.06. The Morgan fingerprint density at radius 3 is 2.65 bits per heavy atom. The number of furan rings is 1. The predicted octanol–water partition coefficient (Wildman–Crippen LogP) is 3.84. The van der Waals surface area contributed by atoms with Crippen LogP contribution < -0.4 is 15.0 Å². The van der Waals surface area contributed by atoms with E-state index in [-0.39, 0.29) is 5.91 Å². The van der Waals surface area contributed by atoms with Crippen LogP contribution in [0, 0.1) is 0 Å². The normalized spacial score (nSPS) is 11.0. The zero-order valence-corrected chi connectivity index (χ0v) is 15.2. The molecule has 0 aliphatic rings. The van der Waals surface area contributed by atoms with Crippen molar-refractivity contribution in [2.75, 3.05) is 26.1 Å². The molecule has 1 amide bonds. The largest absolute Gasteiger partial charge is 0.493 e. The summed E-state index contributed by atoms with van der Waals surface area (Å²) in [6, 6.07) is 15.6. The van der Waals surface area contributed by atoms with Crippen LogP contribution in [0.1, 0.15) is 11.3 Å². The maximum Gasteiger partial charge on any atom is 0.244 e. The molecule has 0 aliphatic heterocycles. The summed E-state index contributed by atoms with van der Waals surface area (Å²) in [4.78, 5) is 14.1. The van der Waals surface area contributed by atoms with Crippen LogP contribution in [-0.4, -0.2) is 27.1 Å². The third-order valence-corrected chi connectivity index (χ3v) is 4.07. The van der Waals surface area contributed by atoms with Crippen molar-refractivity contribution in [1.82, 2.24) is 5.32 Å². The number of nitrogens with zero attached hydrogens (tertiary/aromatic N) is 1. The molecule has 134 valence electrons. The molecule has 1 heterocycles. The molecule has 0 unspecified atom stereocenters. The predicted molar refractivity (Wildman–Crippen MR) is 104 cm³/mol. The smallest absolute Gasteiger partial charge is 0.244 e.